The third kappa shape index (κ3) is 5.14. The van der Waals surface area contributed by atoms with E-state index in [1.807, 2.05) is 24.3 Å². The van der Waals surface area contributed by atoms with Crippen molar-refractivity contribution in [2.45, 2.75) is 62.8 Å². The first kappa shape index (κ1) is 20.0. The lowest BCUT2D eigenvalue weighted by Crippen LogP contribution is -2.22. The summed E-state index contributed by atoms with van der Waals surface area (Å²) in [7, 11) is 0. The van der Waals surface area contributed by atoms with Gasteiger partial charge in [0.05, 0.1) is 6.10 Å². The summed E-state index contributed by atoms with van der Waals surface area (Å²) in [4.78, 5) is 0. The number of aliphatic hydroxyl groups excluding tert-OH is 1. The normalized spacial score (nSPS) is 15.6. The molecule has 0 amide bonds. The average molecular weight is 388 g/mol. The molecule has 0 aliphatic heterocycles. The molecule has 1 N–H and O–H groups in total. The molecular weight excluding hydrogens is 358 g/mol. The highest BCUT2D eigenvalue weighted by Crippen LogP contribution is 2.40. The van der Waals surface area contributed by atoms with Crippen LogP contribution in [0.15, 0.2) is 42.1 Å². The van der Waals surface area contributed by atoms with Crippen molar-refractivity contribution in [2.75, 3.05) is 12.4 Å². The zero-order valence-corrected chi connectivity index (χ0v) is 17.2. The largest absolute Gasteiger partial charge is 0.491 e. The van der Waals surface area contributed by atoms with E-state index < -0.39 is 6.10 Å². The first-order valence-corrected chi connectivity index (χ1v) is 10.5. The van der Waals surface area contributed by atoms with Crippen molar-refractivity contribution in [3.05, 3.63) is 48.3 Å². The fraction of sp³-hybridized carbons (Fsp3) is 0.524. The molecule has 0 bridgehead atoms. The number of hydrogen-bond acceptors (Lipinski definition) is 5. The molecule has 1 atom stereocenters. The van der Waals surface area contributed by atoms with Gasteiger partial charge >= 0.3 is 0 Å². The molecule has 1 unspecified atom stereocenters. The number of thioether (sulfide) groups is 1. The predicted molar refractivity (Wildman–Crippen MR) is 110 cm³/mol. The molecule has 6 heteroatoms. The van der Waals surface area contributed by atoms with E-state index in [0.29, 0.717) is 18.2 Å². The molecule has 1 aliphatic carbocycles. The highest BCUT2D eigenvalue weighted by molar-refractivity contribution is 7.99. The number of aliphatic hydroxyl groups is 1. The average Bonchev–Trinajstić information content (AvgIpc) is 3.40. The molecule has 0 radical (unpaired) electrons. The number of hydrogen-bond donors (Lipinski definition) is 1. The lowest BCUT2D eigenvalue weighted by molar-refractivity contribution is 0.125. The topological polar surface area (TPSA) is 60.2 Å². The molecule has 146 valence electrons. The summed E-state index contributed by atoms with van der Waals surface area (Å²) in [6.45, 7) is 11.3. The Morgan fingerprint density at radius 1 is 1.33 bits per heavy atom. The zero-order chi connectivity index (χ0) is 19.4. The molecule has 0 spiro atoms. The van der Waals surface area contributed by atoms with Gasteiger partial charge in [-0.1, -0.05) is 56.8 Å². The molecule has 1 saturated carbocycles. The minimum absolute atomic E-state index is 0.00336. The second kappa shape index (κ2) is 8.48. The van der Waals surface area contributed by atoms with E-state index in [1.54, 1.807) is 0 Å². The van der Waals surface area contributed by atoms with E-state index in [0.717, 1.165) is 22.3 Å². The predicted octanol–water partition coefficient (Wildman–Crippen LogP) is 4.17. The highest BCUT2D eigenvalue weighted by Gasteiger charge is 2.30. The standard InChI is InChI=1S/C21H29N3O2S/c1-5-12-24-19(15-10-11-15)22-23-20(24)27-14-16(25)13-26-18-9-7-6-8-17(18)21(2,3)4/h5-9,15-16,25H,1,10-14H2,2-4H3. The van der Waals surface area contributed by atoms with Crippen LogP contribution >= 0.6 is 11.8 Å². The van der Waals surface area contributed by atoms with Crippen molar-refractivity contribution in [1.82, 2.24) is 14.8 Å². The zero-order valence-electron chi connectivity index (χ0n) is 16.4. The SMILES string of the molecule is C=CCn1c(SCC(O)COc2ccccc2C(C)(C)C)nnc1C1CC1. The van der Waals surface area contributed by atoms with Gasteiger partial charge in [-0.05, 0) is 29.9 Å². The maximum Gasteiger partial charge on any atom is 0.191 e. The molecule has 1 aliphatic rings. The Morgan fingerprint density at radius 2 is 2.07 bits per heavy atom. The van der Waals surface area contributed by atoms with Crippen LogP contribution in [0.3, 0.4) is 0 Å². The number of nitrogens with zero attached hydrogens (tertiary/aromatic N) is 3. The van der Waals surface area contributed by atoms with E-state index in [4.69, 9.17) is 4.74 Å². The molecule has 1 aromatic carbocycles. The highest BCUT2D eigenvalue weighted by atomic mass is 32.2. The maximum atomic E-state index is 10.4. The summed E-state index contributed by atoms with van der Waals surface area (Å²) in [6.07, 6.45) is 3.65. The fourth-order valence-corrected chi connectivity index (χ4v) is 3.83. The Hall–Kier alpha value is -1.79. The molecule has 0 saturated heterocycles. The third-order valence-corrected chi connectivity index (χ3v) is 5.64. The minimum Gasteiger partial charge on any atom is -0.491 e. The van der Waals surface area contributed by atoms with Crippen molar-refractivity contribution in [1.29, 1.82) is 0 Å². The molecule has 3 rings (SSSR count). The number of allylic oxidation sites excluding steroid dienone is 1. The van der Waals surface area contributed by atoms with Gasteiger partial charge in [-0.15, -0.1) is 16.8 Å². The molecule has 2 aromatic rings. The van der Waals surface area contributed by atoms with Gasteiger partial charge in [0, 0.05) is 18.2 Å². The Kier molecular flexibility index (Phi) is 6.27. The summed E-state index contributed by atoms with van der Waals surface area (Å²) in [5.41, 5.74) is 1.14. The minimum atomic E-state index is -0.582. The Balaban J connectivity index is 1.57. The molecular formula is C21H29N3O2S. The van der Waals surface area contributed by atoms with E-state index in [-0.39, 0.29) is 12.0 Å². The number of aromatic nitrogens is 3. The lowest BCUT2D eigenvalue weighted by Gasteiger charge is -2.23. The summed E-state index contributed by atoms with van der Waals surface area (Å²) in [6, 6.07) is 8.02. The van der Waals surface area contributed by atoms with Gasteiger partial charge in [0.2, 0.25) is 0 Å². The van der Waals surface area contributed by atoms with Crippen LogP contribution in [0.1, 0.15) is 50.9 Å². The van der Waals surface area contributed by atoms with Gasteiger partial charge in [-0.3, -0.25) is 0 Å². The van der Waals surface area contributed by atoms with Gasteiger partial charge in [0.25, 0.3) is 0 Å². The van der Waals surface area contributed by atoms with Crippen LogP contribution < -0.4 is 4.74 Å². The molecule has 5 nitrogen and oxygen atoms in total. The van der Waals surface area contributed by atoms with Crippen LogP contribution in [-0.4, -0.2) is 38.3 Å². The lowest BCUT2D eigenvalue weighted by atomic mass is 9.86. The second-order valence-corrected chi connectivity index (χ2v) is 9.02. The molecule has 1 fully saturated rings. The van der Waals surface area contributed by atoms with Crippen LogP contribution in [0.2, 0.25) is 0 Å². The van der Waals surface area contributed by atoms with Gasteiger partial charge in [0.1, 0.15) is 18.2 Å². The Morgan fingerprint density at radius 3 is 2.74 bits per heavy atom. The van der Waals surface area contributed by atoms with Crippen LogP contribution in [0, 0.1) is 0 Å². The maximum absolute atomic E-state index is 10.4. The van der Waals surface area contributed by atoms with Crippen molar-refractivity contribution < 1.29 is 9.84 Å². The number of ether oxygens (including phenoxy) is 1. The van der Waals surface area contributed by atoms with Gasteiger partial charge in [-0.2, -0.15) is 0 Å². The summed E-state index contributed by atoms with van der Waals surface area (Å²) >= 11 is 1.52. The first-order chi connectivity index (χ1) is 12.9. The van der Waals surface area contributed by atoms with Crippen molar-refractivity contribution in [3.8, 4) is 5.75 Å². The fourth-order valence-electron chi connectivity index (χ4n) is 2.97. The first-order valence-electron chi connectivity index (χ1n) is 9.47. The Labute approximate surface area is 165 Å². The van der Waals surface area contributed by atoms with E-state index in [1.165, 1.54) is 24.6 Å². The van der Waals surface area contributed by atoms with E-state index in [9.17, 15) is 5.11 Å². The molecule has 1 aromatic heterocycles. The third-order valence-electron chi connectivity index (χ3n) is 4.53. The summed E-state index contributed by atoms with van der Waals surface area (Å²) in [5, 5.41) is 19.9. The summed E-state index contributed by atoms with van der Waals surface area (Å²) < 4.78 is 8.03. The molecule has 1 heterocycles. The van der Waals surface area contributed by atoms with Crippen molar-refractivity contribution >= 4 is 11.8 Å². The van der Waals surface area contributed by atoms with Gasteiger partial charge < -0.3 is 14.4 Å². The van der Waals surface area contributed by atoms with Crippen molar-refractivity contribution in [2.24, 2.45) is 0 Å². The van der Waals surface area contributed by atoms with Crippen molar-refractivity contribution in [3.63, 3.8) is 0 Å². The van der Waals surface area contributed by atoms with Crippen LogP contribution in [0.5, 0.6) is 5.75 Å². The van der Waals surface area contributed by atoms with Gasteiger partial charge in [0.15, 0.2) is 5.16 Å². The van der Waals surface area contributed by atoms with Crippen LogP contribution in [0.25, 0.3) is 0 Å². The number of benzene rings is 1. The Bertz CT molecular complexity index is 778. The molecule has 27 heavy (non-hydrogen) atoms. The van der Waals surface area contributed by atoms with E-state index in [2.05, 4.69) is 48.2 Å². The smallest absolute Gasteiger partial charge is 0.191 e. The second-order valence-electron chi connectivity index (χ2n) is 8.04. The monoisotopic (exact) mass is 387 g/mol. The van der Waals surface area contributed by atoms with Gasteiger partial charge in [-0.25, -0.2) is 0 Å². The van der Waals surface area contributed by atoms with Crippen LogP contribution in [-0.2, 0) is 12.0 Å². The van der Waals surface area contributed by atoms with E-state index >= 15 is 0 Å². The van der Waals surface area contributed by atoms with Crippen LogP contribution in [0.4, 0.5) is 0 Å². The number of rotatable bonds is 9. The summed E-state index contributed by atoms with van der Waals surface area (Å²) in [5.74, 6) is 2.92. The number of para-hydroxylation sites is 1. The quantitative estimate of drug-likeness (QED) is 0.517.